The molecular weight excluding hydrogens is 378 g/mol. The average molecular weight is 408 g/mol. The Hall–Kier alpha value is -1.76. The van der Waals surface area contributed by atoms with Gasteiger partial charge in [-0.15, -0.1) is 0 Å². The topological polar surface area (TPSA) is 62.7 Å². The molecule has 5 nitrogen and oxygen atoms in total. The second kappa shape index (κ2) is 7.49. The van der Waals surface area contributed by atoms with Crippen LogP contribution in [-0.2, 0) is 11.2 Å². The normalized spacial score (nSPS) is 28.9. The maximum absolute atomic E-state index is 13.2. The smallest absolute Gasteiger partial charge is 0.280 e. The van der Waals surface area contributed by atoms with Gasteiger partial charge in [-0.25, -0.2) is 13.8 Å². The molecule has 3 fully saturated rings. The van der Waals surface area contributed by atoms with E-state index in [1.165, 1.54) is 0 Å². The van der Waals surface area contributed by atoms with Gasteiger partial charge in [0, 0.05) is 30.5 Å². The van der Waals surface area contributed by atoms with E-state index in [-0.39, 0.29) is 34.9 Å². The first-order valence-electron chi connectivity index (χ1n) is 10.7. The van der Waals surface area contributed by atoms with Crippen molar-refractivity contribution < 1.29 is 23.4 Å². The molecule has 1 amide bonds. The van der Waals surface area contributed by atoms with Crippen LogP contribution in [0.4, 0.5) is 8.78 Å². The summed E-state index contributed by atoms with van der Waals surface area (Å²) >= 11 is 0. The van der Waals surface area contributed by atoms with Gasteiger partial charge in [0.1, 0.15) is 11.8 Å². The number of halogens is 2. The first-order chi connectivity index (χ1) is 13.7. The number of likely N-dealkylation sites (tertiary alicyclic amines) is 1. The zero-order valence-electron chi connectivity index (χ0n) is 17.2. The fourth-order valence-corrected chi connectivity index (χ4v) is 5.20. The Kier molecular flexibility index (Phi) is 5.30. The highest BCUT2D eigenvalue weighted by Crippen LogP contribution is 2.47. The molecule has 0 radical (unpaired) electrons. The van der Waals surface area contributed by atoms with Crippen LogP contribution < -0.4 is 4.74 Å². The van der Waals surface area contributed by atoms with Gasteiger partial charge in [-0.2, -0.15) is 0 Å². The summed E-state index contributed by atoms with van der Waals surface area (Å²) in [4.78, 5) is 18.5. The van der Waals surface area contributed by atoms with Crippen LogP contribution in [0.15, 0.2) is 12.1 Å². The van der Waals surface area contributed by atoms with Crippen LogP contribution in [0.3, 0.4) is 0 Å². The van der Waals surface area contributed by atoms with Crippen molar-refractivity contribution in [1.29, 1.82) is 0 Å². The second-order valence-electron chi connectivity index (χ2n) is 9.46. The third-order valence-electron chi connectivity index (χ3n) is 6.94. The summed E-state index contributed by atoms with van der Waals surface area (Å²) in [6.07, 6.45) is 2.68. The van der Waals surface area contributed by atoms with Crippen LogP contribution in [-0.4, -0.2) is 45.7 Å². The number of carbonyl (C=O) groups excluding carboxylic acids is 1. The van der Waals surface area contributed by atoms with Crippen LogP contribution in [0.1, 0.15) is 70.1 Å². The van der Waals surface area contributed by atoms with Crippen molar-refractivity contribution >= 4 is 5.91 Å². The fourth-order valence-electron chi connectivity index (χ4n) is 5.20. The monoisotopic (exact) mass is 408 g/mol. The van der Waals surface area contributed by atoms with E-state index in [0.29, 0.717) is 24.8 Å². The highest BCUT2D eigenvalue weighted by molar-refractivity contribution is 5.81. The number of carbonyl (C=O) groups is 1. The van der Waals surface area contributed by atoms with E-state index < -0.39 is 12.0 Å². The Labute approximate surface area is 170 Å². The lowest BCUT2D eigenvalue weighted by Gasteiger charge is -2.55. The van der Waals surface area contributed by atoms with Crippen molar-refractivity contribution in [3.05, 3.63) is 23.4 Å². The van der Waals surface area contributed by atoms with Gasteiger partial charge in [0.05, 0.1) is 5.60 Å². The molecule has 1 N–H and O–H groups in total. The number of rotatable bonds is 5. The number of hydrogen-bond acceptors (Lipinski definition) is 4. The van der Waals surface area contributed by atoms with Gasteiger partial charge in [-0.1, -0.05) is 13.0 Å². The molecule has 1 aromatic rings. The molecule has 2 aliphatic carbocycles. The van der Waals surface area contributed by atoms with Gasteiger partial charge in [-0.05, 0) is 57.4 Å². The number of aliphatic hydroxyl groups is 1. The largest absolute Gasteiger partial charge is 0.474 e. The van der Waals surface area contributed by atoms with Gasteiger partial charge < -0.3 is 14.7 Å². The van der Waals surface area contributed by atoms with Gasteiger partial charge in [0.2, 0.25) is 11.8 Å². The zero-order chi connectivity index (χ0) is 20.8. The summed E-state index contributed by atoms with van der Waals surface area (Å²) in [6, 6.07) is 3.37. The lowest BCUT2D eigenvalue weighted by atomic mass is 9.66. The number of pyridine rings is 1. The lowest BCUT2D eigenvalue weighted by molar-refractivity contribution is -0.164. The molecule has 4 rings (SSSR count). The predicted octanol–water partition coefficient (Wildman–Crippen LogP) is 3.89. The van der Waals surface area contributed by atoms with Crippen LogP contribution in [0, 0.1) is 11.3 Å². The minimum atomic E-state index is -2.60. The maximum Gasteiger partial charge on any atom is 0.280 e. The van der Waals surface area contributed by atoms with Crippen molar-refractivity contribution in [2.75, 3.05) is 13.1 Å². The van der Waals surface area contributed by atoms with Gasteiger partial charge in [-0.3, -0.25) is 4.79 Å². The van der Waals surface area contributed by atoms with Gasteiger partial charge >= 0.3 is 0 Å². The standard InChI is InChI=1S/C22H30F2N2O3/c1-3-14-4-5-17(25-18(14)19(23)24)29-16-6-8-22(9-7-16)12-26(13-22)20(27)15-10-21(2,28)11-15/h4-5,15-16,19,28H,3,6-13H2,1-2H3/t15-,21+. The number of ether oxygens (including phenoxy) is 1. The molecule has 2 heterocycles. The van der Waals surface area contributed by atoms with E-state index in [1.807, 2.05) is 11.8 Å². The maximum atomic E-state index is 13.2. The third-order valence-corrected chi connectivity index (χ3v) is 6.94. The van der Waals surface area contributed by atoms with Crippen molar-refractivity contribution in [2.45, 2.75) is 76.9 Å². The summed E-state index contributed by atoms with van der Waals surface area (Å²) in [5, 5.41) is 9.84. The number of alkyl halides is 2. The van der Waals surface area contributed by atoms with Crippen molar-refractivity contribution in [3.8, 4) is 5.88 Å². The summed E-state index contributed by atoms with van der Waals surface area (Å²) in [6.45, 7) is 5.20. The molecule has 1 aromatic heterocycles. The van der Waals surface area contributed by atoms with Crippen LogP contribution in [0.25, 0.3) is 0 Å². The molecule has 1 spiro atoms. The third kappa shape index (κ3) is 4.11. The second-order valence-corrected chi connectivity index (χ2v) is 9.46. The number of hydrogen-bond donors (Lipinski definition) is 1. The molecule has 0 unspecified atom stereocenters. The summed E-state index contributed by atoms with van der Waals surface area (Å²) in [5.74, 6) is 0.435. The molecule has 0 aromatic carbocycles. The van der Waals surface area contributed by atoms with E-state index in [4.69, 9.17) is 4.74 Å². The quantitative estimate of drug-likeness (QED) is 0.803. The lowest BCUT2D eigenvalue weighted by Crippen LogP contribution is -2.63. The van der Waals surface area contributed by atoms with Crippen LogP contribution in [0.2, 0.25) is 0 Å². The molecule has 29 heavy (non-hydrogen) atoms. The summed E-state index contributed by atoms with van der Waals surface area (Å²) in [5.41, 5.74) is -0.121. The molecule has 3 aliphatic rings. The fraction of sp³-hybridized carbons (Fsp3) is 0.727. The van der Waals surface area contributed by atoms with E-state index in [0.717, 1.165) is 38.8 Å². The summed E-state index contributed by atoms with van der Waals surface area (Å²) < 4.78 is 32.3. The van der Waals surface area contributed by atoms with Crippen LogP contribution >= 0.6 is 0 Å². The summed E-state index contributed by atoms with van der Waals surface area (Å²) in [7, 11) is 0. The Balaban J connectivity index is 1.27. The molecule has 160 valence electrons. The Bertz CT molecular complexity index is 759. The number of aryl methyl sites for hydroxylation is 1. The van der Waals surface area contributed by atoms with Crippen molar-refractivity contribution in [1.82, 2.24) is 9.88 Å². The van der Waals surface area contributed by atoms with Crippen molar-refractivity contribution in [2.24, 2.45) is 11.3 Å². The van der Waals surface area contributed by atoms with E-state index in [9.17, 15) is 18.7 Å². The first kappa shape index (κ1) is 20.5. The predicted molar refractivity (Wildman–Crippen MR) is 104 cm³/mol. The Morgan fingerprint density at radius 2 is 1.97 bits per heavy atom. The van der Waals surface area contributed by atoms with E-state index >= 15 is 0 Å². The zero-order valence-corrected chi connectivity index (χ0v) is 17.2. The minimum absolute atomic E-state index is 0.0161. The molecule has 0 atom stereocenters. The van der Waals surface area contributed by atoms with Gasteiger partial charge in [0.15, 0.2) is 0 Å². The average Bonchev–Trinajstić information content (AvgIpc) is 2.64. The molecule has 7 heteroatoms. The van der Waals surface area contributed by atoms with Crippen LogP contribution in [0.5, 0.6) is 5.88 Å². The molecule has 1 saturated heterocycles. The Morgan fingerprint density at radius 1 is 1.31 bits per heavy atom. The Morgan fingerprint density at radius 3 is 2.52 bits per heavy atom. The minimum Gasteiger partial charge on any atom is -0.474 e. The molecular formula is C22H30F2N2O3. The SMILES string of the molecule is CCc1ccc(OC2CCC3(CC2)CN(C(=O)[C@H]2C[C@@](C)(O)C2)C3)nc1C(F)F. The number of nitrogens with zero attached hydrogens (tertiary/aromatic N) is 2. The van der Waals surface area contributed by atoms with Gasteiger partial charge in [0.25, 0.3) is 6.43 Å². The molecule has 0 bridgehead atoms. The number of amides is 1. The van der Waals surface area contributed by atoms with E-state index in [2.05, 4.69) is 4.98 Å². The highest BCUT2D eigenvalue weighted by atomic mass is 19.3. The molecule has 2 saturated carbocycles. The molecule has 1 aliphatic heterocycles. The number of aromatic nitrogens is 1. The van der Waals surface area contributed by atoms with E-state index in [1.54, 1.807) is 19.1 Å². The first-order valence-corrected chi connectivity index (χ1v) is 10.7. The highest BCUT2D eigenvalue weighted by Gasteiger charge is 2.51. The van der Waals surface area contributed by atoms with Crippen molar-refractivity contribution in [3.63, 3.8) is 0 Å².